The number of benzene rings is 1. The van der Waals surface area contributed by atoms with E-state index in [-0.39, 0.29) is 5.91 Å². The number of amides is 1. The van der Waals surface area contributed by atoms with Crippen molar-refractivity contribution in [1.29, 1.82) is 0 Å². The summed E-state index contributed by atoms with van der Waals surface area (Å²) in [6, 6.07) is 7.72. The Hall–Kier alpha value is -1.46. The van der Waals surface area contributed by atoms with Gasteiger partial charge in [0.25, 0.3) is 5.91 Å². The predicted octanol–water partition coefficient (Wildman–Crippen LogP) is 1.51. The summed E-state index contributed by atoms with van der Waals surface area (Å²) in [5, 5.41) is 2.86. The smallest absolute Gasteiger partial charge is 0.283 e. The van der Waals surface area contributed by atoms with Gasteiger partial charge in [-0.05, 0) is 31.7 Å². The summed E-state index contributed by atoms with van der Waals surface area (Å²) < 4.78 is 0. The molecule has 1 aromatic carbocycles. The number of rotatable bonds is 1. The normalized spacial score (nSPS) is 16.2. The highest BCUT2D eigenvalue weighted by Gasteiger charge is 2.21. The Bertz CT molecular complexity index is 481. The van der Waals surface area contributed by atoms with E-state index in [2.05, 4.69) is 17.3 Å². The molecule has 1 amide bonds. The highest BCUT2D eigenvalue weighted by Crippen LogP contribution is 2.10. The van der Waals surface area contributed by atoms with Crippen LogP contribution >= 0.6 is 12.2 Å². The molecule has 5 heteroatoms. The molecule has 102 valence electrons. The zero-order chi connectivity index (χ0) is 13.8. The Labute approximate surface area is 119 Å². The van der Waals surface area contributed by atoms with Gasteiger partial charge in [-0.2, -0.15) is 0 Å². The molecule has 2 rings (SSSR count). The van der Waals surface area contributed by atoms with Gasteiger partial charge in [0, 0.05) is 31.9 Å². The highest BCUT2D eigenvalue weighted by molar-refractivity contribution is 7.82. The molecule has 0 unspecified atom stereocenters. The van der Waals surface area contributed by atoms with Crippen LogP contribution in [0, 0.1) is 6.92 Å². The molecule has 4 nitrogen and oxygen atoms in total. The van der Waals surface area contributed by atoms with Gasteiger partial charge >= 0.3 is 0 Å². The fraction of sp³-hybridized carbons (Fsp3) is 0.429. The van der Waals surface area contributed by atoms with Gasteiger partial charge in [-0.1, -0.05) is 24.4 Å². The van der Waals surface area contributed by atoms with E-state index in [0.29, 0.717) is 4.99 Å². The van der Waals surface area contributed by atoms with Crippen LogP contribution in [0.2, 0.25) is 0 Å². The molecule has 1 heterocycles. The lowest BCUT2D eigenvalue weighted by Gasteiger charge is -2.33. The molecule has 19 heavy (non-hydrogen) atoms. The minimum Gasteiger partial charge on any atom is -0.356 e. The summed E-state index contributed by atoms with van der Waals surface area (Å²) >= 11 is 5.26. The fourth-order valence-corrected chi connectivity index (χ4v) is 2.29. The zero-order valence-electron chi connectivity index (χ0n) is 11.3. The molecule has 0 bridgehead atoms. The van der Waals surface area contributed by atoms with Gasteiger partial charge in [-0.3, -0.25) is 4.79 Å². The first-order valence-corrected chi connectivity index (χ1v) is 6.82. The van der Waals surface area contributed by atoms with E-state index < -0.39 is 0 Å². The Morgan fingerprint density at radius 3 is 2.58 bits per heavy atom. The van der Waals surface area contributed by atoms with Crippen LogP contribution in [0.15, 0.2) is 24.3 Å². The molecule has 1 fully saturated rings. The zero-order valence-corrected chi connectivity index (χ0v) is 12.2. The lowest BCUT2D eigenvalue weighted by atomic mass is 10.2. The number of likely N-dealkylation sites (N-methyl/N-ethyl adjacent to an activating group) is 1. The van der Waals surface area contributed by atoms with E-state index in [1.807, 2.05) is 36.1 Å². The fourth-order valence-electron chi connectivity index (χ4n) is 2.06. The number of aryl methyl sites for hydroxylation is 1. The maximum Gasteiger partial charge on any atom is 0.283 e. The van der Waals surface area contributed by atoms with E-state index in [1.165, 1.54) is 0 Å². The van der Waals surface area contributed by atoms with Crippen molar-refractivity contribution < 1.29 is 4.79 Å². The Kier molecular flexibility index (Phi) is 4.50. The third-order valence-electron chi connectivity index (χ3n) is 3.26. The first-order chi connectivity index (χ1) is 9.06. The topological polar surface area (TPSA) is 35.6 Å². The van der Waals surface area contributed by atoms with Gasteiger partial charge in [0.15, 0.2) is 4.99 Å². The lowest BCUT2D eigenvalue weighted by Crippen LogP contribution is -2.49. The van der Waals surface area contributed by atoms with Crippen LogP contribution in [0.5, 0.6) is 0 Å². The summed E-state index contributed by atoms with van der Waals surface area (Å²) in [6.07, 6.45) is 0. The largest absolute Gasteiger partial charge is 0.356 e. The standard InChI is InChI=1S/C14H19N3OS/c1-11-4-3-5-12(10-11)15-13(18)14(19)17-8-6-16(2)7-9-17/h3-5,10H,6-9H2,1-2H3,(H,15,18). The molecule has 1 N–H and O–H groups in total. The molecular weight excluding hydrogens is 258 g/mol. The molecule has 0 aromatic heterocycles. The summed E-state index contributed by atoms with van der Waals surface area (Å²) in [7, 11) is 2.08. The Morgan fingerprint density at radius 1 is 1.26 bits per heavy atom. The number of piperazine rings is 1. The molecule has 0 saturated carbocycles. The number of carbonyl (C=O) groups is 1. The second kappa shape index (κ2) is 6.12. The minimum atomic E-state index is -0.190. The predicted molar refractivity (Wildman–Crippen MR) is 81.5 cm³/mol. The third-order valence-corrected chi connectivity index (χ3v) is 3.70. The number of nitrogens with zero attached hydrogens (tertiary/aromatic N) is 2. The highest BCUT2D eigenvalue weighted by atomic mass is 32.1. The second-order valence-corrected chi connectivity index (χ2v) is 5.31. The molecule has 0 atom stereocenters. The average Bonchev–Trinajstić information content (AvgIpc) is 2.39. The average molecular weight is 277 g/mol. The van der Waals surface area contributed by atoms with Gasteiger partial charge < -0.3 is 15.1 Å². The van der Waals surface area contributed by atoms with Crippen molar-refractivity contribution in [2.24, 2.45) is 0 Å². The van der Waals surface area contributed by atoms with Gasteiger partial charge in [0.05, 0.1) is 0 Å². The summed E-state index contributed by atoms with van der Waals surface area (Å²) in [4.78, 5) is 16.7. The SMILES string of the molecule is Cc1cccc(NC(=O)C(=S)N2CCN(C)CC2)c1. The van der Waals surface area contributed by atoms with Gasteiger partial charge in [0.1, 0.15) is 0 Å². The summed E-state index contributed by atoms with van der Waals surface area (Å²) in [5.41, 5.74) is 1.91. The third kappa shape index (κ3) is 3.75. The molecule has 1 aliphatic heterocycles. The molecule has 0 aliphatic carbocycles. The van der Waals surface area contributed by atoms with E-state index in [0.717, 1.165) is 37.4 Å². The van der Waals surface area contributed by atoms with Crippen LogP contribution in [-0.2, 0) is 4.79 Å². The summed E-state index contributed by atoms with van der Waals surface area (Å²) in [5.74, 6) is -0.190. The van der Waals surface area contributed by atoms with Gasteiger partial charge in [-0.25, -0.2) is 0 Å². The quantitative estimate of drug-likeness (QED) is 0.789. The first-order valence-electron chi connectivity index (χ1n) is 6.42. The molecular formula is C14H19N3OS. The lowest BCUT2D eigenvalue weighted by molar-refractivity contribution is -0.110. The molecule has 0 spiro atoms. The first kappa shape index (κ1) is 14.0. The number of nitrogens with one attached hydrogen (secondary N) is 1. The van der Waals surface area contributed by atoms with Crippen molar-refractivity contribution in [3.05, 3.63) is 29.8 Å². The van der Waals surface area contributed by atoms with Crippen molar-refractivity contribution >= 4 is 28.8 Å². The van der Waals surface area contributed by atoms with E-state index in [1.54, 1.807) is 0 Å². The van der Waals surface area contributed by atoms with Crippen LogP contribution in [0.3, 0.4) is 0 Å². The van der Waals surface area contributed by atoms with Gasteiger partial charge in [-0.15, -0.1) is 0 Å². The van der Waals surface area contributed by atoms with Crippen molar-refractivity contribution in [3.63, 3.8) is 0 Å². The molecule has 1 saturated heterocycles. The van der Waals surface area contributed by atoms with E-state index in [9.17, 15) is 4.79 Å². The summed E-state index contributed by atoms with van der Waals surface area (Å²) in [6.45, 7) is 5.51. The minimum absolute atomic E-state index is 0.190. The van der Waals surface area contributed by atoms with Crippen LogP contribution in [0.4, 0.5) is 5.69 Å². The second-order valence-electron chi connectivity index (χ2n) is 4.92. The number of anilines is 1. The van der Waals surface area contributed by atoms with Crippen LogP contribution in [0.25, 0.3) is 0 Å². The van der Waals surface area contributed by atoms with E-state index >= 15 is 0 Å². The van der Waals surface area contributed by atoms with Gasteiger partial charge in [0.2, 0.25) is 0 Å². The Balaban J connectivity index is 1.94. The number of hydrogen-bond acceptors (Lipinski definition) is 3. The van der Waals surface area contributed by atoms with Crippen LogP contribution < -0.4 is 5.32 Å². The number of hydrogen-bond donors (Lipinski definition) is 1. The molecule has 1 aliphatic rings. The maximum atomic E-state index is 12.1. The van der Waals surface area contributed by atoms with E-state index in [4.69, 9.17) is 12.2 Å². The van der Waals surface area contributed by atoms with Crippen molar-refractivity contribution in [3.8, 4) is 0 Å². The van der Waals surface area contributed by atoms with Crippen LogP contribution in [-0.4, -0.2) is 53.9 Å². The number of thiocarbonyl (C=S) groups is 1. The number of carbonyl (C=O) groups excluding carboxylic acids is 1. The Morgan fingerprint density at radius 2 is 1.95 bits per heavy atom. The maximum absolute atomic E-state index is 12.1. The van der Waals surface area contributed by atoms with Crippen molar-refractivity contribution in [2.45, 2.75) is 6.92 Å². The molecule has 0 radical (unpaired) electrons. The van der Waals surface area contributed by atoms with Crippen molar-refractivity contribution in [2.75, 3.05) is 38.5 Å². The van der Waals surface area contributed by atoms with Crippen LogP contribution in [0.1, 0.15) is 5.56 Å². The molecule has 1 aromatic rings. The van der Waals surface area contributed by atoms with Crippen molar-refractivity contribution in [1.82, 2.24) is 9.80 Å². The monoisotopic (exact) mass is 277 g/mol.